The molecule has 0 radical (unpaired) electrons. The predicted molar refractivity (Wildman–Crippen MR) is 108 cm³/mol. The Morgan fingerprint density at radius 2 is 1.73 bits per heavy atom. The summed E-state index contributed by atoms with van der Waals surface area (Å²) in [7, 11) is -3.92. The van der Waals surface area contributed by atoms with Crippen molar-refractivity contribution in [2.45, 2.75) is 11.0 Å². The Kier molecular flexibility index (Phi) is 5.91. The summed E-state index contributed by atoms with van der Waals surface area (Å²) in [5, 5.41) is 12.7. The summed E-state index contributed by atoms with van der Waals surface area (Å²) in [6.45, 7) is -0.188. The lowest BCUT2D eigenvalue weighted by Gasteiger charge is -2.15. The Hall–Kier alpha value is -1.15. The van der Waals surface area contributed by atoms with Crippen LogP contribution in [0.5, 0.6) is 0 Å². The van der Waals surface area contributed by atoms with Crippen molar-refractivity contribution in [2.75, 3.05) is 6.54 Å². The van der Waals surface area contributed by atoms with Crippen molar-refractivity contribution in [3.05, 3.63) is 74.7 Å². The Morgan fingerprint density at radius 3 is 2.50 bits per heavy atom. The molecule has 0 bridgehead atoms. The van der Waals surface area contributed by atoms with E-state index >= 15 is 0 Å². The SMILES string of the molecule is O=S(=O)(NCC(O)c1cccc2ccccc12)c1cc(Br)c(Cl)cc1Cl. The van der Waals surface area contributed by atoms with E-state index in [1.165, 1.54) is 12.1 Å². The van der Waals surface area contributed by atoms with Crippen molar-refractivity contribution >= 4 is 59.9 Å². The van der Waals surface area contributed by atoms with Gasteiger partial charge in [-0.05, 0) is 44.4 Å². The van der Waals surface area contributed by atoms with E-state index in [9.17, 15) is 13.5 Å². The normalized spacial score (nSPS) is 13.1. The Bertz CT molecular complexity index is 1070. The van der Waals surface area contributed by atoms with Crippen LogP contribution in [0.3, 0.4) is 0 Å². The summed E-state index contributed by atoms with van der Waals surface area (Å²) in [5.74, 6) is 0. The van der Waals surface area contributed by atoms with Crippen LogP contribution in [0.1, 0.15) is 11.7 Å². The second-order valence-corrected chi connectivity index (χ2v) is 9.04. The third-order valence-electron chi connectivity index (χ3n) is 3.91. The van der Waals surface area contributed by atoms with Gasteiger partial charge in [-0.1, -0.05) is 65.7 Å². The molecule has 0 aliphatic rings. The number of halogens is 3. The number of benzene rings is 3. The van der Waals surface area contributed by atoms with Gasteiger partial charge >= 0.3 is 0 Å². The highest BCUT2D eigenvalue weighted by molar-refractivity contribution is 9.10. The van der Waals surface area contributed by atoms with E-state index in [0.717, 1.165) is 10.8 Å². The molecule has 26 heavy (non-hydrogen) atoms. The molecule has 3 rings (SSSR count). The van der Waals surface area contributed by atoms with Crippen LogP contribution >= 0.6 is 39.1 Å². The first-order valence-electron chi connectivity index (χ1n) is 7.59. The first-order chi connectivity index (χ1) is 12.3. The van der Waals surface area contributed by atoms with E-state index in [4.69, 9.17) is 23.2 Å². The minimum absolute atomic E-state index is 0.00495. The molecule has 0 fully saturated rings. The molecule has 136 valence electrons. The summed E-state index contributed by atoms with van der Waals surface area (Å²) >= 11 is 15.1. The van der Waals surface area contributed by atoms with Gasteiger partial charge in [0.05, 0.1) is 16.1 Å². The largest absolute Gasteiger partial charge is 0.387 e. The van der Waals surface area contributed by atoms with Crippen LogP contribution in [-0.4, -0.2) is 20.1 Å². The fourth-order valence-electron chi connectivity index (χ4n) is 2.63. The highest BCUT2D eigenvalue weighted by atomic mass is 79.9. The number of rotatable bonds is 5. The number of aliphatic hydroxyl groups is 1. The Labute approximate surface area is 169 Å². The quantitative estimate of drug-likeness (QED) is 0.515. The number of aliphatic hydroxyl groups excluding tert-OH is 1. The van der Waals surface area contributed by atoms with E-state index in [1.807, 2.05) is 36.4 Å². The van der Waals surface area contributed by atoms with Crippen LogP contribution in [-0.2, 0) is 10.0 Å². The molecule has 1 atom stereocenters. The minimum atomic E-state index is -3.92. The first-order valence-corrected chi connectivity index (χ1v) is 10.6. The third-order valence-corrected chi connectivity index (χ3v) is 7.00. The summed E-state index contributed by atoms with van der Waals surface area (Å²) in [4.78, 5) is -0.111. The third kappa shape index (κ3) is 4.06. The second kappa shape index (κ2) is 7.84. The molecule has 0 spiro atoms. The van der Waals surface area contributed by atoms with Crippen LogP contribution in [0.2, 0.25) is 10.0 Å². The molecule has 4 nitrogen and oxygen atoms in total. The first kappa shape index (κ1) is 19.6. The zero-order chi connectivity index (χ0) is 18.9. The van der Waals surface area contributed by atoms with Crippen molar-refractivity contribution in [1.82, 2.24) is 4.72 Å². The molecule has 0 aliphatic heterocycles. The summed E-state index contributed by atoms with van der Waals surface area (Å²) in [6, 6.07) is 15.8. The van der Waals surface area contributed by atoms with Crippen molar-refractivity contribution in [3.8, 4) is 0 Å². The topological polar surface area (TPSA) is 66.4 Å². The number of hydrogen-bond acceptors (Lipinski definition) is 3. The van der Waals surface area contributed by atoms with Crippen LogP contribution in [0.15, 0.2) is 64.0 Å². The standard InChI is InChI=1S/C18H14BrCl2NO3S/c19-14-8-18(16(21)9-15(14)20)26(24,25)22-10-17(23)13-7-3-5-11-4-1-2-6-12(11)13/h1-9,17,22-23H,10H2. The number of sulfonamides is 1. The molecule has 0 aromatic heterocycles. The van der Waals surface area contributed by atoms with Crippen LogP contribution < -0.4 is 4.72 Å². The van der Waals surface area contributed by atoms with Gasteiger partial charge in [0.25, 0.3) is 0 Å². The monoisotopic (exact) mass is 473 g/mol. The molecular weight excluding hydrogens is 461 g/mol. The molecule has 0 amide bonds. The van der Waals surface area contributed by atoms with Crippen molar-refractivity contribution in [3.63, 3.8) is 0 Å². The van der Waals surface area contributed by atoms with Gasteiger partial charge in [-0.25, -0.2) is 13.1 Å². The average molecular weight is 475 g/mol. The highest BCUT2D eigenvalue weighted by Gasteiger charge is 2.21. The van der Waals surface area contributed by atoms with Crippen LogP contribution in [0.25, 0.3) is 10.8 Å². The lowest BCUT2D eigenvalue weighted by Crippen LogP contribution is -2.29. The molecule has 1 unspecified atom stereocenters. The molecule has 0 aliphatic carbocycles. The van der Waals surface area contributed by atoms with Gasteiger partial charge in [0.2, 0.25) is 10.0 Å². The van der Waals surface area contributed by atoms with Crippen molar-refractivity contribution in [1.29, 1.82) is 0 Å². The summed E-state index contributed by atoms with van der Waals surface area (Å²) in [5.41, 5.74) is 0.647. The van der Waals surface area contributed by atoms with Gasteiger partial charge < -0.3 is 5.11 Å². The predicted octanol–water partition coefficient (Wildman–Crippen LogP) is 4.92. The van der Waals surface area contributed by atoms with Gasteiger partial charge in [-0.15, -0.1) is 0 Å². The molecular formula is C18H14BrCl2NO3S. The van der Waals surface area contributed by atoms with E-state index in [0.29, 0.717) is 15.1 Å². The fraction of sp³-hybridized carbons (Fsp3) is 0.111. The fourth-order valence-corrected chi connectivity index (χ4v) is 4.93. The lowest BCUT2D eigenvalue weighted by atomic mass is 10.0. The maximum absolute atomic E-state index is 12.5. The Morgan fingerprint density at radius 1 is 1.04 bits per heavy atom. The zero-order valence-corrected chi connectivity index (χ0v) is 17.2. The van der Waals surface area contributed by atoms with Crippen molar-refractivity contribution in [2.24, 2.45) is 0 Å². The second-order valence-electron chi connectivity index (χ2n) is 5.63. The smallest absolute Gasteiger partial charge is 0.242 e. The summed E-state index contributed by atoms with van der Waals surface area (Å²) in [6.07, 6.45) is -1.01. The zero-order valence-electron chi connectivity index (χ0n) is 13.3. The maximum atomic E-state index is 12.5. The van der Waals surface area contributed by atoms with Gasteiger partial charge in [-0.3, -0.25) is 0 Å². The van der Waals surface area contributed by atoms with Gasteiger partial charge in [0.15, 0.2) is 0 Å². The number of fused-ring (bicyclic) bond motifs is 1. The molecule has 2 N–H and O–H groups in total. The summed E-state index contributed by atoms with van der Waals surface area (Å²) < 4.78 is 27.9. The number of hydrogen-bond donors (Lipinski definition) is 2. The number of nitrogens with one attached hydrogen (secondary N) is 1. The molecule has 8 heteroatoms. The highest BCUT2D eigenvalue weighted by Crippen LogP contribution is 2.32. The van der Waals surface area contributed by atoms with Crippen LogP contribution in [0.4, 0.5) is 0 Å². The van der Waals surface area contributed by atoms with E-state index < -0.39 is 16.1 Å². The van der Waals surface area contributed by atoms with E-state index in [2.05, 4.69) is 20.7 Å². The van der Waals surface area contributed by atoms with Crippen LogP contribution in [0, 0.1) is 0 Å². The van der Waals surface area contributed by atoms with Gasteiger partial charge in [-0.2, -0.15) is 0 Å². The minimum Gasteiger partial charge on any atom is -0.387 e. The Balaban J connectivity index is 1.85. The van der Waals surface area contributed by atoms with Gasteiger partial charge in [0.1, 0.15) is 4.90 Å². The molecule has 0 saturated heterocycles. The maximum Gasteiger partial charge on any atom is 0.242 e. The molecule has 3 aromatic rings. The van der Waals surface area contributed by atoms with E-state index in [1.54, 1.807) is 6.07 Å². The average Bonchev–Trinajstić information content (AvgIpc) is 2.62. The lowest BCUT2D eigenvalue weighted by molar-refractivity contribution is 0.183. The molecule has 0 saturated carbocycles. The van der Waals surface area contributed by atoms with Crippen molar-refractivity contribution < 1.29 is 13.5 Å². The molecule has 3 aromatic carbocycles. The molecule has 0 heterocycles. The van der Waals surface area contributed by atoms with E-state index in [-0.39, 0.29) is 16.5 Å². The van der Waals surface area contributed by atoms with Gasteiger partial charge in [0, 0.05) is 11.0 Å².